The molecule has 1 aliphatic rings. The molecule has 104 valence electrons. The van der Waals surface area contributed by atoms with E-state index in [1.54, 1.807) is 0 Å². The second-order valence-corrected chi connectivity index (χ2v) is 5.78. The molecule has 2 atom stereocenters. The number of ketones is 1. The van der Waals surface area contributed by atoms with Crippen LogP contribution < -0.4 is 5.73 Å². The standard InChI is InChI=1S/C17H25NO/c1-2-6-15(18)12-16(19)11-14-9-5-8-13-7-3-4-10-17(13)14/h3-4,7,10,14-15H,2,5-6,8-9,11-12,18H2,1H3. The van der Waals surface area contributed by atoms with E-state index in [2.05, 4.69) is 31.2 Å². The topological polar surface area (TPSA) is 43.1 Å². The molecule has 0 heterocycles. The van der Waals surface area contributed by atoms with Gasteiger partial charge in [0.15, 0.2) is 0 Å². The molecule has 0 amide bonds. The number of benzene rings is 1. The van der Waals surface area contributed by atoms with Gasteiger partial charge in [-0.25, -0.2) is 0 Å². The van der Waals surface area contributed by atoms with Gasteiger partial charge in [0, 0.05) is 18.9 Å². The van der Waals surface area contributed by atoms with E-state index in [-0.39, 0.29) is 6.04 Å². The van der Waals surface area contributed by atoms with Gasteiger partial charge in [0.05, 0.1) is 0 Å². The normalized spacial score (nSPS) is 19.8. The lowest BCUT2D eigenvalue weighted by Crippen LogP contribution is -2.24. The summed E-state index contributed by atoms with van der Waals surface area (Å²) in [6, 6.07) is 8.63. The van der Waals surface area contributed by atoms with E-state index < -0.39 is 0 Å². The number of carbonyl (C=O) groups is 1. The molecule has 0 radical (unpaired) electrons. The van der Waals surface area contributed by atoms with Crippen LogP contribution in [-0.4, -0.2) is 11.8 Å². The van der Waals surface area contributed by atoms with Gasteiger partial charge in [-0.3, -0.25) is 4.79 Å². The minimum atomic E-state index is 0.0522. The van der Waals surface area contributed by atoms with Crippen molar-refractivity contribution in [2.24, 2.45) is 5.73 Å². The lowest BCUT2D eigenvalue weighted by Gasteiger charge is -2.25. The van der Waals surface area contributed by atoms with E-state index in [1.807, 2.05) is 0 Å². The Morgan fingerprint density at radius 1 is 1.42 bits per heavy atom. The molecular weight excluding hydrogens is 234 g/mol. The van der Waals surface area contributed by atoms with E-state index in [4.69, 9.17) is 5.73 Å². The van der Waals surface area contributed by atoms with Gasteiger partial charge < -0.3 is 5.73 Å². The zero-order chi connectivity index (χ0) is 13.7. The Balaban J connectivity index is 1.95. The fourth-order valence-corrected chi connectivity index (χ4v) is 3.19. The molecule has 2 N–H and O–H groups in total. The van der Waals surface area contributed by atoms with Crippen LogP contribution in [0.25, 0.3) is 0 Å². The SMILES string of the molecule is CCCC(N)CC(=O)CC1CCCc2ccccc21. The second-order valence-electron chi connectivity index (χ2n) is 5.78. The summed E-state index contributed by atoms with van der Waals surface area (Å²) < 4.78 is 0. The van der Waals surface area contributed by atoms with E-state index in [9.17, 15) is 4.79 Å². The van der Waals surface area contributed by atoms with Crippen LogP contribution in [0.2, 0.25) is 0 Å². The third-order valence-electron chi connectivity index (χ3n) is 4.12. The maximum Gasteiger partial charge on any atom is 0.135 e. The first kappa shape index (κ1) is 14.3. The predicted molar refractivity (Wildman–Crippen MR) is 79.2 cm³/mol. The van der Waals surface area contributed by atoms with Crippen LogP contribution in [-0.2, 0) is 11.2 Å². The molecule has 0 bridgehead atoms. The van der Waals surface area contributed by atoms with Gasteiger partial charge in [-0.1, -0.05) is 37.6 Å². The third kappa shape index (κ3) is 3.90. The van der Waals surface area contributed by atoms with Crippen LogP contribution in [0.5, 0.6) is 0 Å². The summed E-state index contributed by atoms with van der Waals surface area (Å²) in [5, 5.41) is 0. The Kier molecular flexibility index (Phi) is 5.15. The van der Waals surface area contributed by atoms with Crippen LogP contribution in [0.3, 0.4) is 0 Å². The van der Waals surface area contributed by atoms with E-state index >= 15 is 0 Å². The number of rotatable bonds is 6. The molecule has 2 unspecified atom stereocenters. The fourth-order valence-electron chi connectivity index (χ4n) is 3.19. The molecule has 0 aliphatic heterocycles. The lowest BCUT2D eigenvalue weighted by molar-refractivity contribution is -0.119. The zero-order valence-electron chi connectivity index (χ0n) is 11.9. The summed E-state index contributed by atoms with van der Waals surface area (Å²) >= 11 is 0. The van der Waals surface area contributed by atoms with Crippen LogP contribution >= 0.6 is 0 Å². The van der Waals surface area contributed by atoms with Gasteiger partial charge in [0.1, 0.15) is 5.78 Å². The first-order valence-corrected chi connectivity index (χ1v) is 7.55. The highest BCUT2D eigenvalue weighted by atomic mass is 16.1. The molecule has 19 heavy (non-hydrogen) atoms. The maximum atomic E-state index is 12.1. The van der Waals surface area contributed by atoms with Gasteiger partial charge in [-0.2, -0.15) is 0 Å². The molecule has 2 nitrogen and oxygen atoms in total. The monoisotopic (exact) mass is 259 g/mol. The van der Waals surface area contributed by atoms with Crippen molar-refractivity contribution >= 4 is 5.78 Å². The van der Waals surface area contributed by atoms with Crippen molar-refractivity contribution in [3.05, 3.63) is 35.4 Å². The summed E-state index contributed by atoms with van der Waals surface area (Å²) in [6.45, 7) is 2.11. The first-order valence-electron chi connectivity index (χ1n) is 7.55. The van der Waals surface area contributed by atoms with E-state index in [0.29, 0.717) is 24.5 Å². The molecule has 0 saturated carbocycles. The minimum Gasteiger partial charge on any atom is -0.327 e. The highest BCUT2D eigenvalue weighted by Crippen LogP contribution is 2.34. The summed E-state index contributed by atoms with van der Waals surface area (Å²) in [6.07, 6.45) is 6.74. The van der Waals surface area contributed by atoms with Gasteiger partial charge in [-0.15, -0.1) is 0 Å². The first-order chi connectivity index (χ1) is 9.20. The molecule has 2 rings (SSSR count). The Labute approximate surface area is 116 Å². The number of hydrogen-bond donors (Lipinski definition) is 1. The smallest absolute Gasteiger partial charge is 0.135 e. The van der Waals surface area contributed by atoms with Crippen LogP contribution in [0, 0.1) is 0 Å². The summed E-state index contributed by atoms with van der Waals surface area (Å²) in [5.41, 5.74) is 8.79. The number of hydrogen-bond acceptors (Lipinski definition) is 2. The van der Waals surface area contributed by atoms with Crippen molar-refractivity contribution in [3.63, 3.8) is 0 Å². The van der Waals surface area contributed by atoms with Crippen LogP contribution in [0.15, 0.2) is 24.3 Å². The zero-order valence-corrected chi connectivity index (χ0v) is 11.9. The number of fused-ring (bicyclic) bond motifs is 1. The number of nitrogens with two attached hydrogens (primary N) is 1. The van der Waals surface area contributed by atoms with Gasteiger partial charge in [0.25, 0.3) is 0 Å². The molecule has 0 spiro atoms. The molecule has 0 saturated heterocycles. The van der Waals surface area contributed by atoms with Crippen molar-refractivity contribution in [1.82, 2.24) is 0 Å². The molecule has 0 aromatic heterocycles. The number of Topliss-reactive ketones (excluding diaryl/α,β-unsaturated/α-hetero) is 1. The summed E-state index contributed by atoms with van der Waals surface area (Å²) in [7, 11) is 0. The van der Waals surface area contributed by atoms with E-state index in [1.165, 1.54) is 17.5 Å². The number of carbonyl (C=O) groups excluding carboxylic acids is 1. The average molecular weight is 259 g/mol. The molecule has 1 aromatic carbocycles. The van der Waals surface area contributed by atoms with Crippen LogP contribution in [0.4, 0.5) is 0 Å². The fraction of sp³-hybridized carbons (Fsp3) is 0.588. The molecule has 2 heteroatoms. The molecule has 1 aromatic rings. The lowest BCUT2D eigenvalue weighted by atomic mass is 9.80. The minimum absolute atomic E-state index is 0.0522. The van der Waals surface area contributed by atoms with Crippen molar-refractivity contribution in [3.8, 4) is 0 Å². The third-order valence-corrected chi connectivity index (χ3v) is 4.12. The van der Waals surface area contributed by atoms with Crippen molar-refractivity contribution in [2.75, 3.05) is 0 Å². The Morgan fingerprint density at radius 3 is 3.00 bits per heavy atom. The highest BCUT2D eigenvalue weighted by molar-refractivity contribution is 5.80. The number of aryl methyl sites for hydroxylation is 1. The molecule has 1 aliphatic carbocycles. The quantitative estimate of drug-likeness (QED) is 0.848. The summed E-state index contributed by atoms with van der Waals surface area (Å²) in [4.78, 5) is 12.1. The average Bonchev–Trinajstić information content (AvgIpc) is 2.39. The van der Waals surface area contributed by atoms with Gasteiger partial charge in [0.2, 0.25) is 0 Å². The highest BCUT2D eigenvalue weighted by Gasteiger charge is 2.22. The van der Waals surface area contributed by atoms with Crippen molar-refractivity contribution in [2.45, 2.75) is 63.8 Å². The van der Waals surface area contributed by atoms with Gasteiger partial charge >= 0.3 is 0 Å². The van der Waals surface area contributed by atoms with Crippen molar-refractivity contribution < 1.29 is 4.79 Å². The van der Waals surface area contributed by atoms with Crippen molar-refractivity contribution in [1.29, 1.82) is 0 Å². The molecular formula is C17H25NO. The predicted octanol–water partition coefficient (Wildman–Crippen LogP) is 3.58. The maximum absolute atomic E-state index is 12.1. The Bertz CT molecular complexity index is 427. The molecule has 0 fully saturated rings. The Hall–Kier alpha value is -1.15. The summed E-state index contributed by atoms with van der Waals surface area (Å²) in [5.74, 6) is 0.758. The Morgan fingerprint density at radius 2 is 2.21 bits per heavy atom. The second kappa shape index (κ2) is 6.85. The van der Waals surface area contributed by atoms with Crippen LogP contribution in [0.1, 0.15) is 62.5 Å². The largest absolute Gasteiger partial charge is 0.327 e. The van der Waals surface area contributed by atoms with E-state index in [0.717, 1.165) is 25.7 Å². The van der Waals surface area contributed by atoms with Gasteiger partial charge in [-0.05, 0) is 42.7 Å².